The highest BCUT2D eigenvalue weighted by Gasteiger charge is 2.16. The number of hydrogen-bond donors (Lipinski definition) is 1. The number of amides is 1. The molecule has 0 saturated carbocycles. The van der Waals surface area contributed by atoms with Crippen LogP contribution in [0.3, 0.4) is 0 Å². The van der Waals surface area contributed by atoms with Gasteiger partial charge in [-0.15, -0.1) is 0 Å². The molecular formula is C21H26N2O3. The molecular weight excluding hydrogens is 328 g/mol. The van der Waals surface area contributed by atoms with Crippen molar-refractivity contribution in [1.82, 2.24) is 5.32 Å². The maximum atomic E-state index is 12.3. The van der Waals surface area contributed by atoms with E-state index in [2.05, 4.69) is 5.32 Å². The molecule has 138 valence electrons. The van der Waals surface area contributed by atoms with Crippen LogP contribution < -0.4 is 15.0 Å². The lowest BCUT2D eigenvalue weighted by Crippen LogP contribution is -2.22. The molecule has 0 radical (unpaired) electrons. The number of nitrogens with one attached hydrogen (secondary N) is 1. The molecule has 5 nitrogen and oxygen atoms in total. The lowest BCUT2D eigenvalue weighted by molar-refractivity contribution is 0.0679. The van der Waals surface area contributed by atoms with Gasteiger partial charge in [0.15, 0.2) is 0 Å². The lowest BCUT2D eigenvalue weighted by Gasteiger charge is -2.13. The Hall–Kier alpha value is -2.53. The third-order valence-corrected chi connectivity index (χ3v) is 4.48. The first-order valence-electron chi connectivity index (χ1n) is 9.01. The van der Waals surface area contributed by atoms with E-state index in [-0.39, 0.29) is 12.0 Å². The third-order valence-electron chi connectivity index (χ3n) is 4.48. The van der Waals surface area contributed by atoms with Crippen molar-refractivity contribution in [2.75, 3.05) is 32.2 Å². The first-order valence-corrected chi connectivity index (χ1v) is 9.01. The number of rotatable bonds is 7. The normalized spacial score (nSPS) is 16.3. The van der Waals surface area contributed by atoms with Crippen molar-refractivity contribution in [3.63, 3.8) is 0 Å². The molecule has 1 unspecified atom stereocenters. The minimum Gasteiger partial charge on any atom is -0.491 e. The molecule has 0 spiro atoms. The predicted molar refractivity (Wildman–Crippen MR) is 103 cm³/mol. The number of hydrogen-bond acceptors (Lipinski definition) is 4. The Kier molecular flexibility index (Phi) is 6.12. The molecule has 1 fully saturated rings. The molecule has 1 aliphatic rings. The Labute approximate surface area is 154 Å². The van der Waals surface area contributed by atoms with Crippen molar-refractivity contribution in [2.24, 2.45) is 0 Å². The second kappa shape index (κ2) is 8.72. The van der Waals surface area contributed by atoms with E-state index in [1.807, 2.05) is 55.4 Å². The van der Waals surface area contributed by atoms with Crippen LogP contribution in [0.15, 0.2) is 48.5 Å². The summed E-state index contributed by atoms with van der Waals surface area (Å²) in [7, 11) is 4.01. The fourth-order valence-corrected chi connectivity index (χ4v) is 2.86. The predicted octanol–water partition coefficient (Wildman–Crippen LogP) is 3.24. The third kappa shape index (κ3) is 4.99. The molecule has 0 aromatic heterocycles. The Morgan fingerprint density at radius 3 is 2.50 bits per heavy atom. The van der Waals surface area contributed by atoms with Crippen LogP contribution in [0.5, 0.6) is 5.75 Å². The highest BCUT2D eigenvalue weighted by atomic mass is 16.5. The van der Waals surface area contributed by atoms with Crippen LogP contribution in [0, 0.1) is 0 Å². The summed E-state index contributed by atoms with van der Waals surface area (Å²) in [5.41, 5.74) is 2.83. The van der Waals surface area contributed by atoms with E-state index in [1.54, 1.807) is 12.1 Å². The van der Waals surface area contributed by atoms with E-state index in [0.717, 1.165) is 36.4 Å². The van der Waals surface area contributed by atoms with Crippen molar-refractivity contribution in [1.29, 1.82) is 0 Å². The maximum absolute atomic E-state index is 12.3. The molecule has 1 amide bonds. The number of nitrogens with zero attached hydrogens (tertiary/aromatic N) is 1. The van der Waals surface area contributed by atoms with Crippen molar-refractivity contribution in [3.8, 4) is 5.75 Å². The Balaban J connectivity index is 1.48. The van der Waals surface area contributed by atoms with Gasteiger partial charge in [0.1, 0.15) is 12.4 Å². The van der Waals surface area contributed by atoms with E-state index >= 15 is 0 Å². The summed E-state index contributed by atoms with van der Waals surface area (Å²) in [6.45, 7) is 1.89. The van der Waals surface area contributed by atoms with E-state index < -0.39 is 0 Å². The first kappa shape index (κ1) is 18.3. The second-order valence-electron chi connectivity index (χ2n) is 6.71. The van der Waals surface area contributed by atoms with Crippen LogP contribution in [0.2, 0.25) is 0 Å². The zero-order chi connectivity index (χ0) is 18.4. The Bertz CT molecular complexity index is 705. The van der Waals surface area contributed by atoms with Crippen molar-refractivity contribution < 1.29 is 14.3 Å². The quantitative estimate of drug-likeness (QED) is 0.829. The smallest absolute Gasteiger partial charge is 0.251 e. The standard InChI is InChI=1S/C21H26N2O3/c1-23(2)18-9-5-16(6-10-18)14-22-21(24)17-7-11-19(12-8-17)26-15-20-4-3-13-25-20/h5-12,20H,3-4,13-15H2,1-2H3,(H,22,24). The molecule has 5 heteroatoms. The van der Waals surface area contributed by atoms with Gasteiger partial charge in [-0.3, -0.25) is 4.79 Å². The number of benzene rings is 2. The van der Waals surface area contributed by atoms with E-state index in [9.17, 15) is 4.79 Å². The van der Waals surface area contributed by atoms with Gasteiger partial charge in [-0.25, -0.2) is 0 Å². The summed E-state index contributed by atoms with van der Waals surface area (Å²) >= 11 is 0. The molecule has 1 N–H and O–H groups in total. The first-order chi connectivity index (χ1) is 12.6. The summed E-state index contributed by atoms with van der Waals surface area (Å²) in [6, 6.07) is 15.4. The molecule has 0 aliphatic carbocycles. The van der Waals surface area contributed by atoms with Crippen molar-refractivity contribution in [3.05, 3.63) is 59.7 Å². The highest BCUT2D eigenvalue weighted by Crippen LogP contribution is 2.17. The number of anilines is 1. The minimum atomic E-state index is -0.0904. The molecule has 2 aromatic rings. The van der Waals surface area contributed by atoms with Crippen LogP contribution >= 0.6 is 0 Å². The van der Waals surface area contributed by atoms with Gasteiger partial charge in [-0.05, 0) is 54.8 Å². The second-order valence-corrected chi connectivity index (χ2v) is 6.71. The summed E-state index contributed by atoms with van der Waals surface area (Å²) in [6.07, 6.45) is 2.35. The lowest BCUT2D eigenvalue weighted by atomic mass is 10.1. The van der Waals surface area contributed by atoms with Gasteiger partial charge in [-0.1, -0.05) is 12.1 Å². The summed E-state index contributed by atoms with van der Waals surface area (Å²) in [5.74, 6) is 0.670. The summed E-state index contributed by atoms with van der Waals surface area (Å²) in [5, 5.41) is 2.95. The molecule has 1 atom stereocenters. The number of ether oxygens (including phenoxy) is 2. The molecule has 0 bridgehead atoms. The van der Waals surface area contributed by atoms with Crippen LogP contribution in [0.1, 0.15) is 28.8 Å². The Morgan fingerprint density at radius 2 is 1.88 bits per heavy atom. The largest absolute Gasteiger partial charge is 0.491 e. The summed E-state index contributed by atoms with van der Waals surface area (Å²) < 4.78 is 11.3. The minimum absolute atomic E-state index is 0.0904. The zero-order valence-corrected chi connectivity index (χ0v) is 15.4. The molecule has 1 aliphatic heterocycles. The van der Waals surface area contributed by atoms with Gasteiger partial charge in [0.2, 0.25) is 0 Å². The molecule has 1 saturated heterocycles. The van der Waals surface area contributed by atoms with Crippen LogP contribution in [-0.4, -0.2) is 39.3 Å². The van der Waals surface area contributed by atoms with E-state index in [1.165, 1.54) is 0 Å². The van der Waals surface area contributed by atoms with Crippen LogP contribution in [0.25, 0.3) is 0 Å². The van der Waals surface area contributed by atoms with Crippen LogP contribution in [-0.2, 0) is 11.3 Å². The van der Waals surface area contributed by atoms with E-state index in [4.69, 9.17) is 9.47 Å². The fraction of sp³-hybridized carbons (Fsp3) is 0.381. The molecule has 2 aromatic carbocycles. The van der Waals surface area contributed by atoms with Gasteiger partial charge in [-0.2, -0.15) is 0 Å². The SMILES string of the molecule is CN(C)c1ccc(CNC(=O)c2ccc(OCC3CCCO3)cc2)cc1. The van der Waals surface area contributed by atoms with Gasteiger partial charge >= 0.3 is 0 Å². The van der Waals surface area contributed by atoms with Gasteiger partial charge < -0.3 is 19.7 Å². The topological polar surface area (TPSA) is 50.8 Å². The van der Waals surface area contributed by atoms with Gasteiger partial charge in [0, 0.05) is 38.5 Å². The molecule has 1 heterocycles. The van der Waals surface area contributed by atoms with Crippen molar-refractivity contribution >= 4 is 11.6 Å². The molecule has 3 rings (SSSR count). The zero-order valence-electron chi connectivity index (χ0n) is 15.4. The average molecular weight is 354 g/mol. The van der Waals surface area contributed by atoms with Crippen molar-refractivity contribution in [2.45, 2.75) is 25.5 Å². The van der Waals surface area contributed by atoms with Gasteiger partial charge in [0.05, 0.1) is 6.10 Å². The highest BCUT2D eigenvalue weighted by molar-refractivity contribution is 5.94. The monoisotopic (exact) mass is 354 g/mol. The number of carbonyl (C=O) groups excluding carboxylic acids is 1. The number of carbonyl (C=O) groups is 1. The van der Waals surface area contributed by atoms with Gasteiger partial charge in [0.25, 0.3) is 5.91 Å². The average Bonchev–Trinajstić information content (AvgIpc) is 3.19. The fourth-order valence-electron chi connectivity index (χ4n) is 2.86. The maximum Gasteiger partial charge on any atom is 0.251 e. The Morgan fingerprint density at radius 1 is 1.15 bits per heavy atom. The molecule has 26 heavy (non-hydrogen) atoms. The van der Waals surface area contributed by atoms with E-state index in [0.29, 0.717) is 18.7 Å². The summed E-state index contributed by atoms with van der Waals surface area (Å²) in [4.78, 5) is 14.3. The van der Waals surface area contributed by atoms with Crippen LogP contribution in [0.4, 0.5) is 5.69 Å².